The van der Waals surface area contributed by atoms with Crippen LogP contribution in [0.2, 0.25) is 0 Å². The van der Waals surface area contributed by atoms with Gasteiger partial charge in [-0.1, -0.05) is 91.5 Å². The van der Waals surface area contributed by atoms with Gasteiger partial charge < -0.3 is 20.6 Å². The molecule has 0 spiro atoms. The molecule has 53 heavy (non-hydrogen) atoms. The average Bonchev–Trinajstić information content (AvgIpc) is 3.79. The molecule has 9 rings (SSSR count). The molecular weight excluding hydrogens is 645 g/mol. The first kappa shape index (κ1) is 32.1. The summed E-state index contributed by atoms with van der Waals surface area (Å²) < 4.78 is 4.82. The Balaban J connectivity index is 1.21. The molecule has 0 radical (unpaired) electrons. The molecule has 0 aliphatic heterocycles. The molecule has 0 unspecified atom stereocenters. The molecule has 0 fully saturated rings. The van der Waals surface area contributed by atoms with E-state index in [1.54, 1.807) is 12.4 Å². The van der Waals surface area contributed by atoms with Crippen LogP contribution in [0.15, 0.2) is 158 Å². The lowest BCUT2D eigenvalue weighted by molar-refractivity contribution is 0.866. The molecule has 2 heterocycles. The molecule has 256 valence electrons. The first-order valence-electron chi connectivity index (χ1n) is 18.1. The predicted octanol–water partition coefficient (Wildman–Crippen LogP) is 11.8. The van der Waals surface area contributed by atoms with Gasteiger partial charge >= 0.3 is 0 Å². The number of fused-ring (bicyclic) bond motifs is 7. The summed E-state index contributed by atoms with van der Waals surface area (Å²) in [6, 6.07) is 44.3. The van der Waals surface area contributed by atoms with Crippen LogP contribution in [0.5, 0.6) is 0 Å². The van der Waals surface area contributed by atoms with E-state index >= 15 is 0 Å². The van der Waals surface area contributed by atoms with Crippen molar-refractivity contribution < 1.29 is 0 Å². The van der Waals surface area contributed by atoms with Crippen LogP contribution in [0, 0.1) is 0 Å². The molecule has 0 bridgehead atoms. The van der Waals surface area contributed by atoms with E-state index in [0.29, 0.717) is 6.54 Å². The summed E-state index contributed by atoms with van der Waals surface area (Å²) in [7, 11) is 0. The van der Waals surface area contributed by atoms with E-state index in [0.717, 1.165) is 28.0 Å². The molecule has 1 aliphatic rings. The average molecular weight is 685 g/mol. The van der Waals surface area contributed by atoms with Crippen molar-refractivity contribution in [3.63, 3.8) is 0 Å². The Bertz CT molecular complexity index is 2910. The van der Waals surface area contributed by atoms with Gasteiger partial charge in [-0.2, -0.15) is 0 Å². The normalized spacial score (nSPS) is 14.0. The van der Waals surface area contributed by atoms with Crippen LogP contribution in [-0.4, -0.2) is 9.13 Å². The van der Waals surface area contributed by atoms with Crippen LogP contribution in [-0.2, 0) is 6.54 Å². The molecule has 4 heteroatoms. The van der Waals surface area contributed by atoms with Gasteiger partial charge in [0.2, 0.25) is 0 Å². The van der Waals surface area contributed by atoms with E-state index in [-0.39, 0.29) is 0 Å². The Labute approximate surface area is 309 Å². The predicted molar refractivity (Wildman–Crippen MR) is 228 cm³/mol. The quantitative estimate of drug-likeness (QED) is 0.175. The molecule has 4 N–H and O–H groups in total. The molecular formula is C49H40N4. The molecule has 4 nitrogen and oxygen atoms in total. The third-order valence-corrected chi connectivity index (χ3v) is 10.9. The van der Waals surface area contributed by atoms with Gasteiger partial charge in [0, 0.05) is 56.6 Å². The molecule has 0 saturated carbocycles. The van der Waals surface area contributed by atoms with Crippen molar-refractivity contribution in [3.8, 4) is 16.8 Å². The molecule has 2 aromatic heterocycles. The van der Waals surface area contributed by atoms with Crippen LogP contribution < -0.4 is 11.5 Å². The highest BCUT2D eigenvalue weighted by Crippen LogP contribution is 2.44. The van der Waals surface area contributed by atoms with E-state index in [1.165, 1.54) is 77.0 Å². The number of allylic oxidation sites excluding steroid dienone is 5. The fourth-order valence-corrected chi connectivity index (χ4v) is 8.54. The van der Waals surface area contributed by atoms with Crippen molar-refractivity contribution in [2.45, 2.75) is 20.4 Å². The van der Waals surface area contributed by atoms with Crippen molar-refractivity contribution >= 4 is 66.9 Å². The molecule has 8 aromatic rings. The fraction of sp³-hybridized carbons (Fsp3) is 0.0612. The van der Waals surface area contributed by atoms with Crippen LogP contribution in [0.25, 0.3) is 83.7 Å². The van der Waals surface area contributed by atoms with Crippen molar-refractivity contribution in [2.75, 3.05) is 0 Å². The fourth-order valence-electron chi connectivity index (χ4n) is 8.54. The second kappa shape index (κ2) is 12.8. The standard InChI is InChI=1S/C49H40N4/c1-4-12-33-25-43-42-27-35(20-22-47(42)53(37-14-7-6-8-15-37)48(43)28-32(33)5-2)34-19-21-46-41(26-34)40-16-9-10-18-45(40)52(46)30-36-13-11-17-39-31(3)38(23-24-50)44(29-51)49(36)39/h4-29H,2,30,50-51H2,1,3H3/b12-4-,24-23-,44-29-. The van der Waals surface area contributed by atoms with Gasteiger partial charge in [0.15, 0.2) is 0 Å². The first-order valence-corrected chi connectivity index (χ1v) is 18.1. The zero-order valence-corrected chi connectivity index (χ0v) is 30.0. The van der Waals surface area contributed by atoms with E-state index in [1.807, 2.05) is 12.2 Å². The van der Waals surface area contributed by atoms with E-state index in [4.69, 9.17) is 11.5 Å². The number of hydrogen-bond donors (Lipinski definition) is 2. The van der Waals surface area contributed by atoms with Gasteiger partial charge in [-0.25, -0.2) is 0 Å². The third kappa shape index (κ3) is 4.98. The van der Waals surface area contributed by atoms with Gasteiger partial charge in [0.05, 0.1) is 11.0 Å². The molecule has 0 atom stereocenters. The summed E-state index contributed by atoms with van der Waals surface area (Å²) in [5.74, 6) is 0. The van der Waals surface area contributed by atoms with Crippen molar-refractivity contribution in [2.24, 2.45) is 11.5 Å². The third-order valence-electron chi connectivity index (χ3n) is 10.9. The summed E-state index contributed by atoms with van der Waals surface area (Å²) in [6.07, 6.45) is 11.5. The van der Waals surface area contributed by atoms with Crippen LogP contribution >= 0.6 is 0 Å². The Kier molecular flexibility index (Phi) is 7.74. The molecule has 1 aliphatic carbocycles. The largest absolute Gasteiger partial charge is 0.405 e. The number of benzene rings is 6. The highest BCUT2D eigenvalue weighted by Gasteiger charge is 2.25. The van der Waals surface area contributed by atoms with Gasteiger partial charge in [0.25, 0.3) is 0 Å². The lowest BCUT2D eigenvalue weighted by Gasteiger charge is -2.14. The van der Waals surface area contributed by atoms with E-state index in [2.05, 4.69) is 163 Å². The summed E-state index contributed by atoms with van der Waals surface area (Å²) in [5.41, 5.74) is 29.6. The highest BCUT2D eigenvalue weighted by atomic mass is 15.0. The SMILES string of the molecule is C=Cc1cc2c(cc1/C=C\C)c1cc(-c3ccc4c(c3)c3ccccc3n4Cc3cccc4c3/C(=C\N)C(/C=C\N)=C4C)ccc1n2-c1ccccc1. The number of hydrogen-bond acceptors (Lipinski definition) is 2. The lowest BCUT2D eigenvalue weighted by atomic mass is 9.97. The van der Waals surface area contributed by atoms with E-state index < -0.39 is 0 Å². The second-order valence-electron chi connectivity index (χ2n) is 13.8. The Morgan fingerprint density at radius 1 is 0.642 bits per heavy atom. The van der Waals surface area contributed by atoms with E-state index in [9.17, 15) is 0 Å². The minimum absolute atomic E-state index is 0.711. The highest BCUT2D eigenvalue weighted by molar-refractivity contribution is 6.13. The van der Waals surface area contributed by atoms with Crippen molar-refractivity contribution in [3.05, 3.63) is 186 Å². The zero-order chi connectivity index (χ0) is 36.2. The maximum atomic E-state index is 6.27. The smallest absolute Gasteiger partial charge is 0.0547 e. The maximum Gasteiger partial charge on any atom is 0.0547 e. The van der Waals surface area contributed by atoms with Crippen molar-refractivity contribution in [1.29, 1.82) is 0 Å². The lowest BCUT2D eigenvalue weighted by Crippen LogP contribution is -2.04. The van der Waals surface area contributed by atoms with Crippen LogP contribution in [0.1, 0.15) is 41.7 Å². The zero-order valence-electron chi connectivity index (χ0n) is 30.0. The Hall–Kier alpha value is -6.78. The first-order chi connectivity index (χ1) is 26.0. The Morgan fingerprint density at radius 3 is 2.08 bits per heavy atom. The minimum atomic E-state index is 0.711. The number of aromatic nitrogens is 2. The monoisotopic (exact) mass is 684 g/mol. The summed E-state index contributed by atoms with van der Waals surface area (Å²) in [5, 5.41) is 4.92. The molecule has 6 aromatic carbocycles. The summed E-state index contributed by atoms with van der Waals surface area (Å²) in [6.45, 7) is 9.05. The minimum Gasteiger partial charge on any atom is -0.405 e. The number of nitrogens with two attached hydrogens (primary N) is 2. The van der Waals surface area contributed by atoms with Gasteiger partial charge in [-0.05, 0) is 131 Å². The van der Waals surface area contributed by atoms with Crippen molar-refractivity contribution in [1.82, 2.24) is 9.13 Å². The topological polar surface area (TPSA) is 61.9 Å². The van der Waals surface area contributed by atoms with Crippen LogP contribution in [0.4, 0.5) is 0 Å². The summed E-state index contributed by atoms with van der Waals surface area (Å²) in [4.78, 5) is 0. The van der Waals surface area contributed by atoms with Crippen LogP contribution in [0.3, 0.4) is 0 Å². The number of nitrogens with zero attached hydrogens (tertiary/aromatic N) is 2. The second-order valence-corrected chi connectivity index (χ2v) is 13.8. The number of rotatable bonds is 7. The molecule has 0 amide bonds. The van der Waals surface area contributed by atoms with Gasteiger partial charge in [-0.3, -0.25) is 0 Å². The maximum absolute atomic E-state index is 6.27. The Morgan fingerprint density at radius 2 is 1.34 bits per heavy atom. The summed E-state index contributed by atoms with van der Waals surface area (Å²) >= 11 is 0. The number of para-hydroxylation sites is 2. The van der Waals surface area contributed by atoms with Gasteiger partial charge in [-0.15, -0.1) is 0 Å². The van der Waals surface area contributed by atoms with Gasteiger partial charge in [0.1, 0.15) is 0 Å². The molecule has 0 saturated heterocycles.